The van der Waals surface area contributed by atoms with E-state index in [1.54, 1.807) is 11.8 Å². The molecule has 0 saturated heterocycles. The number of hydrogen-bond donors (Lipinski definition) is 1. The summed E-state index contributed by atoms with van der Waals surface area (Å²) in [4.78, 5) is 17.3. The van der Waals surface area contributed by atoms with Crippen LogP contribution in [-0.2, 0) is 11.3 Å². The Kier molecular flexibility index (Phi) is 8.03. The summed E-state index contributed by atoms with van der Waals surface area (Å²) >= 11 is 1.60. The summed E-state index contributed by atoms with van der Waals surface area (Å²) in [7, 11) is 0. The van der Waals surface area contributed by atoms with Crippen molar-refractivity contribution in [2.75, 3.05) is 5.75 Å². The van der Waals surface area contributed by atoms with Crippen LogP contribution in [0.1, 0.15) is 54.5 Å². The predicted octanol–water partition coefficient (Wildman–Crippen LogP) is 6.78. The smallest absolute Gasteiger partial charge is 0.220 e. The second kappa shape index (κ2) is 11.8. The minimum Gasteiger partial charge on any atom is -0.350 e. The fraction of sp³-hybridized carbons (Fsp3) is 0.290. The van der Waals surface area contributed by atoms with Crippen LogP contribution in [0.25, 0.3) is 22.1 Å². The Labute approximate surface area is 227 Å². The number of aryl methyl sites for hydroxylation is 2. The van der Waals surface area contributed by atoms with Crippen LogP contribution in [0.2, 0.25) is 0 Å². The minimum atomic E-state index is 0.0136. The van der Waals surface area contributed by atoms with E-state index < -0.39 is 0 Å². The molecule has 0 aliphatic rings. The van der Waals surface area contributed by atoms with Gasteiger partial charge < -0.3 is 9.88 Å². The Bertz CT molecular complexity index is 1550. The summed E-state index contributed by atoms with van der Waals surface area (Å²) in [5.74, 6) is 0.924. The molecule has 1 N–H and O–H groups in total. The Morgan fingerprint density at radius 1 is 0.947 bits per heavy atom. The lowest BCUT2D eigenvalue weighted by atomic mass is 10.1. The molecule has 0 saturated carbocycles. The van der Waals surface area contributed by atoms with Gasteiger partial charge in [-0.05, 0) is 56.9 Å². The first-order valence-corrected chi connectivity index (χ1v) is 14.1. The van der Waals surface area contributed by atoms with E-state index in [-0.39, 0.29) is 11.9 Å². The number of amides is 1. The van der Waals surface area contributed by atoms with Gasteiger partial charge in [0.05, 0.1) is 11.6 Å². The quantitative estimate of drug-likeness (QED) is 0.161. The van der Waals surface area contributed by atoms with E-state index in [0.717, 1.165) is 52.8 Å². The second-order valence-corrected chi connectivity index (χ2v) is 10.9. The molecule has 5 rings (SSSR count). The fourth-order valence-electron chi connectivity index (χ4n) is 4.64. The molecule has 3 aromatic carbocycles. The Balaban J connectivity index is 1.23. The summed E-state index contributed by atoms with van der Waals surface area (Å²) in [5.41, 5.74) is 7.59. The molecule has 2 heterocycles. The van der Waals surface area contributed by atoms with Crippen molar-refractivity contribution in [3.63, 3.8) is 0 Å². The Morgan fingerprint density at radius 2 is 1.71 bits per heavy atom. The van der Waals surface area contributed by atoms with Crippen LogP contribution in [0.5, 0.6) is 0 Å². The Hall–Kier alpha value is -3.71. The van der Waals surface area contributed by atoms with Gasteiger partial charge in [0, 0.05) is 24.1 Å². The van der Waals surface area contributed by atoms with Crippen LogP contribution < -0.4 is 5.32 Å². The van der Waals surface area contributed by atoms with E-state index in [1.165, 1.54) is 16.7 Å². The van der Waals surface area contributed by atoms with Gasteiger partial charge in [-0.1, -0.05) is 83.6 Å². The molecule has 7 heteroatoms. The molecule has 194 valence electrons. The third-order valence-corrected chi connectivity index (χ3v) is 7.69. The number of unbranched alkanes of at least 4 members (excludes halogenated alkanes) is 1. The summed E-state index contributed by atoms with van der Waals surface area (Å²) < 4.78 is 2.24. The first-order chi connectivity index (χ1) is 18.5. The normalized spacial score (nSPS) is 12.2. The fourth-order valence-corrected chi connectivity index (χ4v) is 5.42. The molecule has 0 fully saturated rings. The molecule has 0 spiro atoms. The van der Waals surface area contributed by atoms with E-state index in [2.05, 4.69) is 76.4 Å². The van der Waals surface area contributed by atoms with Crippen LogP contribution in [-0.4, -0.2) is 31.4 Å². The first-order valence-electron chi connectivity index (χ1n) is 13.1. The maximum atomic E-state index is 12.4. The lowest BCUT2D eigenvalue weighted by Crippen LogP contribution is -2.26. The van der Waals surface area contributed by atoms with E-state index in [4.69, 9.17) is 4.98 Å². The van der Waals surface area contributed by atoms with Crippen molar-refractivity contribution in [3.8, 4) is 0 Å². The molecule has 1 amide bonds. The minimum absolute atomic E-state index is 0.0136. The van der Waals surface area contributed by atoms with E-state index in [0.29, 0.717) is 11.6 Å². The van der Waals surface area contributed by atoms with Crippen molar-refractivity contribution in [2.24, 2.45) is 0 Å². The van der Waals surface area contributed by atoms with Crippen molar-refractivity contribution in [3.05, 3.63) is 95.1 Å². The number of carbonyl (C=O) groups excluding carboxylic acids is 1. The third kappa shape index (κ3) is 6.05. The van der Waals surface area contributed by atoms with Crippen LogP contribution in [0.15, 0.2) is 78.0 Å². The molecule has 2 aromatic heterocycles. The number of nitrogens with one attached hydrogen (secondary N) is 1. The van der Waals surface area contributed by atoms with Gasteiger partial charge in [-0.15, -0.1) is 10.2 Å². The van der Waals surface area contributed by atoms with Crippen molar-refractivity contribution < 1.29 is 4.79 Å². The number of rotatable bonds is 10. The molecule has 6 nitrogen and oxygen atoms in total. The van der Waals surface area contributed by atoms with Crippen molar-refractivity contribution in [1.82, 2.24) is 25.1 Å². The van der Waals surface area contributed by atoms with Gasteiger partial charge >= 0.3 is 0 Å². The van der Waals surface area contributed by atoms with Crippen LogP contribution in [0, 0.1) is 13.8 Å². The van der Waals surface area contributed by atoms with Crippen LogP contribution in [0.3, 0.4) is 0 Å². The molecule has 0 aliphatic carbocycles. The monoisotopic (exact) mass is 523 g/mol. The highest BCUT2D eigenvalue weighted by atomic mass is 32.2. The lowest BCUT2D eigenvalue weighted by Gasteiger charge is -2.14. The summed E-state index contributed by atoms with van der Waals surface area (Å²) in [5, 5.41) is 13.9. The molecular formula is C31H33N5OS. The number of thioether (sulfide) groups is 1. The van der Waals surface area contributed by atoms with Gasteiger partial charge in [0.15, 0.2) is 5.65 Å². The number of carbonyl (C=O) groups is 1. The van der Waals surface area contributed by atoms with E-state index >= 15 is 0 Å². The molecule has 0 aliphatic heterocycles. The topological polar surface area (TPSA) is 72.7 Å². The maximum Gasteiger partial charge on any atom is 0.220 e. The molecule has 1 unspecified atom stereocenters. The van der Waals surface area contributed by atoms with Gasteiger partial charge in [0.2, 0.25) is 11.1 Å². The number of fused-ring (bicyclic) bond motifs is 3. The molecule has 38 heavy (non-hydrogen) atoms. The Morgan fingerprint density at radius 3 is 2.50 bits per heavy atom. The van der Waals surface area contributed by atoms with Gasteiger partial charge in [0.25, 0.3) is 0 Å². The summed E-state index contributed by atoms with van der Waals surface area (Å²) in [6, 6.07) is 25.1. The van der Waals surface area contributed by atoms with Gasteiger partial charge in [-0.2, -0.15) is 0 Å². The van der Waals surface area contributed by atoms with Crippen molar-refractivity contribution in [1.29, 1.82) is 0 Å². The zero-order valence-electron chi connectivity index (χ0n) is 22.1. The average Bonchev–Trinajstić information content (AvgIpc) is 3.22. The van der Waals surface area contributed by atoms with Gasteiger partial charge in [-0.3, -0.25) is 4.79 Å². The standard InChI is InChI=1S/C31H33N5OS/c1-21-12-15-24(16-13-21)20-36-27-17-14-22(2)19-26(27)29-30(36)33-31(35-34-29)38-18-8-7-11-28(37)32-23(3)25-9-5-4-6-10-25/h4-6,9-10,12-17,19,23H,7-8,11,18,20H2,1-3H3,(H,32,37). The highest BCUT2D eigenvalue weighted by molar-refractivity contribution is 7.99. The van der Waals surface area contributed by atoms with E-state index in [1.807, 2.05) is 37.3 Å². The molecule has 0 radical (unpaired) electrons. The zero-order valence-corrected chi connectivity index (χ0v) is 23.0. The van der Waals surface area contributed by atoms with Crippen molar-refractivity contribution in [2.45, 2.75) is 57.8 Å². The largest absolute Gasteiger partial charge is 0.350 e. The second-order valence-electron chi connectivity index (χ2n) is 9.86. The van der Waals surface area contributed by atoms with Crippen LogP contribution >= 0.6 is 11.8 Å². The van der Waals surface area contributed by atoms with E-state index in [9.17, 15) is 4.79 Å². The molecule has 1 atom stereocenters. The zero-order chi connectivity index (χ0) is 26.5. The molecule has 0 bridgehead atoms. The number of hydrogen-bond acceptors (Lipinski definition) is 5. The van der Waals surface area contributed by atoms with Crippen LogP contribution in [0.4, 0.5) is 0 Å². The summed E-state index contributed by atoms with van der Waals surface area (Å²) in [6.07, 6.45) is 2.24. The third-order valence-electron chi connectivity index (χ3n) is 6.77. The summed E-state index contributed by atoms with van der Waals surface area (Å²) in [6.45, 7) is 6.94. The number of benzene rings is 3. The molecular weight excluding hydrogens is 490 g/mol. The van der Waals surface area contributed by atoms with Crippen molar-refractivity contribution >= 4 is 39.7 Å². The highest BCUT2D eigenvalue weighted by Gasteiger charge is 2.16. The molecule has 5 aromatic rings. The van der Waals surface area contributed by atoms with Gasteiger partial charge in [0.1, 0.15) is 5.52 Å². The SMILES string of the molecule is Cc1ccc(Cn2c3ccc(C)cc3c3nnc(SCCCCC(=O)NC(C)c4ccccc4)nc32)cc1. The first kappa shape index (κ1) is 25.9. The average molecular weight is 524 g/mol. The number of aromatic nitrogens is 4. The lowest BCUT2D eigenvalue weighted by molar-refractivity contribution is -0.121. The number of nitrogens with zero attached hydrogens (tertiary/aromatic N) is 4. The predicted molar refractivity (Wildman–Crippen MR) is 155 cm³/mol. The highest BCUT2D eigenvalue weighted by Crippen LogP contribution is 2.29. The maximum absolute atomic E-state index is 12.4. The van der Waals surface area contributed by atoms with Gasteiger partial charge in [-0.25, -0.2) is 4.98 Å².